The van der Waals surface area contributed by atoms with Crippen molar-refractivity contribution >= 4 is 5.91 Å². The van der Waals surface area contributed by atoms with Crippen molar-refractivity contribution < 1.29 is 9.90 Å². The second kappa shape index (κ2) is 8.97. The van der Waals surface area contributed by atoms with Crippen LogP contribution in [0.2, 0.25) is 0 Å². The second-order valence-electron chi connectivity index (χ2n) is 3.64. The van der Waals surface area contributed by atoms with Gasteiger partial charge in [0.15, 0.2) is 0 Å². The molecule has 4 heteroatoms. The SMILES string of the molecule is CC(C)NCCC(=O)NCCCCO. The van der Waals surface area contributed by atoms with Gasteiger partial charge in [-0.2, -0.15) is 0 Å². The summed E-state index contributed by atoms with van der Waals surface area (Å²) in [4.78, 5) is 11.2. The molecule has 0 aromatic rings. The van der Waals surface area contributed by atoms with Crippen LogP contribution < -0.4 is 10.6 Å². The van der Waals surface area contributed by atoms with Crippen molar-refractivity contribution in [1.82, 2.24) is 10.6 Å². The van der Waals surface area contributed by atoms with Gasteiger partial charge in [-0.25, -0.2) is 0 Å². The molecule has 0 saturated heterocycles. The molecule has 3 N–H and O–H groups in total. The minimum atomic E-state index is 0.0797. The summed E-state index contributed by atoms with van der Waals surface area (Å²) in [5, 5.41) is 14.5. The highest BCUT2D eigenvalue weighted by atomic mass is 16.2. The van der Waals surface area contributed by atoms with Crippen LogP contribution in [0.1, 0.15) is 33.1 Å². The maximum Gasteiger partial charge on any atom is 0.221 e. The van der Waals surface area contributed by atoms with E-state index in [2.05, 4.69) is 24.5 Å². The van der Waals surface area contributed by atoms with Crippen molar-refractivity contribution in [1.29, 1.82) is 0 Å². The zero-order valence-corrected chi connectivity index (χ0v) is 9.18. The van der Waals surface area contributed by atoms with Gasteiger partial charge in [-0.05, 0) is 12.8 Å². The molecule has 1 amide bonds. The summed E-state index contributed by atoms with van der Waals surface area (Å²) in [5.41, 5.74) is 0. The number of aliphatic hydroxyl groups excluding tert-OH is 1. The Balaban J connectivity index is 3.20. The van der Waals surface area contributed by atoms with E-state index in [0.717, 1.165) is 19.4 Å². The number of aliphatic hydroxyl groups is 1. The predicted octanol–water partition coefficient (Wildman–Crippen LogP) is 0.263. The molecular formula is C10H22N2O2. The number of rotatable bonds is 8. The van der Waals surface area contributed by atoms with Crippen LogP contribution in [0.15, 0.2) is 0 Å². The minimum absolute atomic E-state index is 0.0797. The van der Waals surface area contributed by atoms with Crippen LogP contribution in [-0.4, -0.2) is 36.8 Å². The van der Waals surface area contributed by atoms with Gasteiger partial charge in [0, 0.05) is 32.2 Å². The number of carbonyl (C=O) groups is 1. The molecule has 0 unspecified atom stereocenters. The molecule has 0 saturated carbocycles. The van der Waals surface area contributed by atoms with Gasteiger partial charge in [0.05, 0.1) is 0 Å². The molecule has 0 aliphatic carbocycles. The fraction of sp³-hybridized carbons (Fsp3) is 0.900. The van der Waals surface area contributed by atoms with E-state index in [9.17, 15) is 4.79 Å². The maximum atomic E-state index is 11.2. The van der Waals surface area contributed by atoms with E-state index < -0.39 is 0 Å². The number of nitrogens with one attached hydrogen (secondary N) is 2. The number of hydrogen-bond acceptors (Lipinski definition) is 3. The number of unbranched alkanes of at least 4 members (excludes halogenated alkanes) is 1. The molecule has 0 radical (unpaired) electrons. The van der Waals surface area contributed by atoms with Crippen molar-refractivity contribution in [2.75, 3.05) is 19.7 Å². The smallest absolute Gasteiger partial charge is 0.221 e. The van der Waals surface area contributed by atoms with Gasteiger partial charge in [0.1, 0.15) is 0 Å². The van der Waals surface area contributed by atoms with Crippen LogP contribution in [-0.2, 0) is 4.79 Å². The normalized spacial score (nSPS) is 10.6. The highest BCUT2D eigenvalue weighted by Crippen LogP contribution is 1.85. The van der Waals surface area contributed by atoms with Crippen molar-refractivity contribution in [3.63, 3.8) is 0 Å². The fourth-order valence-corrected chi connectivity index (χ4v) is 1.03. The van der Waals surface area contributed by atoms with Crippen LogP contribution >= 0.6 is 0 Å². The Bertz CT molecular complexity index is 149. The maximum absolute atomic E-state index is 11.2. The van der Waals surface area contributed by atoms with Crippen molar-refractivity contribution in [3.8, 4) is 0 Å². The lowest BCUT2D eigenvalue weighted by molar-refractivity contribution is -0.121. The monoisotopic (exact) mass is 202 g/mol. The lowest BCUT2D eigenvalue weighted by Gasteiger charge is -2.08. The first-order chi connectivity index (χ1) is 6.66. The first kappa shape index (κ1) is 13.4. The summed E-state index contributed by atoms with van der Waals surface area (Å²) >= 11 is 0. The van der Waals surface area contributed by atoms with E-state index in [-0.39, 0.29) is 12.5 Å². The summed E-state index contributed by atoms with van der Waals surface area (Å²) < 4.78 is 0. The molecule has 0 aliphatic rings. The Morgan fingerprint density at radius 1 is 1.29 bits per heavy atom. The van der Waals surface area contributed by atoms with Gasteiger partial charge in [-0.1, -0.05) is 13.8 Å². The van der Waals surface area contributed by atoms with Crippen molar-refractivity contribution in [2.24, 2.45) is 0 Å². The van der Waals surface area contributed by atoms with Crippen LogP contribution in [0.5, 0.6) is 0 Å². The van der Waals surface area contributed by atoms with Gasteiger partial charge in [-0.3, -0.25) is 4.79 Å². The molecule has 84 valence electrons. The summed E-state index contributed by atoms with van der Waals surface area (Å²) in [6, 6.07) is 0.428. The number of amides is 1. The molecule has 0 spiro atoms. The topological polar surface area (TPSA) is 61.4 Å². The summed E-state index contributed by atoms with van der Waals surface area (Å²) in [6.45, 7) is 5.70. The average molecular weight is 202 g/mol. The van der Waals surface area contributed by atoms with Crippen molar-refractivity contribution in [2.45, 2.75) is 39.2 Å². The number of carbonyl (C=O) groups excluding carboxylic acids is 1. The Hall–Kier alpha value is -0.610. The zero-order valence-electron chi connectivity index (χ0n) is 9.18. The zero-order chi connectivity index (χ0) is 10.8. The largest absolute Gasteiger partial charge is 0.396 e. The summed E-state index contributed by atoms with van der Waals surface area (Å²) in [5.74, 6) is 0.0797. The van der Waals surface area contributed by atoms with E-state index in [0.29, 0.717) is 19.0 Å². The molecule has 0 fully saturated rings. The van der Waals surface area contributed by atoms with Gasteiger partial charge in [0.25, 0.3) is 0 Å². The third kappa shape index (κ3) is 9.48. The van der Waals surface area contributed by atoms with E-state index in [1.165, 1.54) is 0 Å². The molecule has 14 heavy (non-hydrogen) atoms. The van der Waals surface area contributed by atoms with Crippen molar-refractivity contribution in [3.05, 3.63) is 0 Å². The lowest BCUT2D eigenvalue weighted by Crippen LogP contribution is -2.31. The molecule has 0 aromatic carbocycles. The molecular weight excluding hydrogens is 180 g/mol. The standard InChI is InChI=1S/C10H22N2O2/c1-9(2)11-7-5-10(14)12-6-3-4-8-13/h9,11,13H,3-8H2,1-2H3,(H,12,14). The second-order valence-corrected chi connectivity index (χ2v) is 3.64. The third-order valence-corrected chi connectivity index (χ3v) is 1.81. The highest BCUT2D eigenvalue weighted by molar-refractivity contribution is 5.75. The Morgan fingerprint density at radius 3 is 2.57 bits per heavy atom. The fourth-order valence-electron chi connectivity index (χ4n) is 1.03. The predicted molar refractivity (Wildman–Crippen MR) is 57.1 cm³/mol. The molecule has 0 heterocycles. The van der Waals surface area contributed by atoms with E-state index in [4.69, 9.17) is 5.11 Å². The van der Waals surface area contributed by atoms with Crippen LogP contribution in [0, 0.1) is 0 Å². The van der Waals surface area contributed by atoms with Crippen LogP contribution in [0.3, 0.4) is 0 Å². The van der Waals surface area contributed by atoms with E-state index in [1.807, 2.05) is 0 Å². The molecule has 0 atom stereocenters. The molecule has 0 bridgehead atoms. The first-order valence-corrected chi connectivity index (χ1v) is 5.27. The lowest BCUT2D eigenvalue weighted by atomic mass is 10.3. The van der Waals surface area contributed by atoms with Gasteiger partial charge in [-0.15, -0.1) is 0 Å². The Morgan fingerprint density at radius 2 is 2.00 bits per heavy atom. The quantitative estimate of drug-likeness (QED) is 0.495. The Labute approximate surface area is 86.1 Å². The summed E-state index contributed by atoms with van der Waals surface area (Å²) in [7, 11) is 0. The number of hydrogen-bond donors (Lipinski definition) is 3. The molecule has 0 rings (SSSR count). The molecule has 4 nitrogen and oxygen atoms in total. The van der Waals surface area contributed by atoms with E-state index in [1.54, 1.807) is 0 Å². The van der Waals surface area contributed by atoms with E-state index >= 15 is 0 Å². The minimum Gasteiger partial charge on any atom is -0.396 e. The van der Waals surface area contributed by atoms with Gasteiger partial charge in [0.2, 0.25) is 5.91 Å². The van der Waals surface area contributed by atoms with Gasteiger partial charge < -0.3 is 15.7 Å². The average Bonchev–Trinajstić information content (AvgIpc) is 2.12. The first-order valence-electron chi connectivity index (χ1n) is 5.27. The molecule has 0 aliphatic heterocycles. The molecule has 0 aromatic heterocycles. The van der Waals surface area contributed by atoms with Crippen LogP contribution in [0.25, 0.3) is 0 Å². The van der Waals surface area contributed by atoms with Crippen LogP contribution in [0.4, 0.5) is 0 Å². The highest BCUT2D eigenvalue weighted by Gasteiger charge is 2.00. The van der Waals surface area contributed by atoms with Gasteiger partial charge >= 0.3 is 0 Å². The third-order valence-electron chi connectivity index (χ3n) is 1.81. The summed E-state index contributed by atoms with van der Waals surface area (Å²) in [6.07, 6.45) is 2.13. The Kier molecular flexibility index (Phi) is 8.57.